The Labute approximate surface area is 67.0 Å². The van der Waals surface area contributed by atoms with Crippen LogP contribution in [0.2, 0.25) is 5.02 Å². The minimum Gasteiger partial charge on any atom is -0.325 e. The normalized spacial score (nSPS) is 10.2. The first kappa shape index (κ1) is 8.36. The fraction of sp³-hybridized carbons (Fsp3) is 0.167. The van der Waals surface area contributed by atoms with Crippen LogP contribution in [-0.2, 0) is 6.54 Å². The second-order valence-electron chi connectivity index (χ2n) is 1.89. The van der Waals surface area contributed by atoms with Gasteiger partial charge in [-0.2, -0.15) is 4.39 Å². The second-order valence-corrected chi connectivity index (χ2v) is 2.30. The Bertz CT molecular complexity index is 278. The lowest BCUT2D eigenvalue weighted by atomic mass is 10.3. The molecule has 11 heavy (non-hydrogen) atoms. The van der Waals surface area contributed by atoms with E-state index >= 15 is 0 Å². The first-order valence-corrected chi connectivity index (χ1v) is 3.23. The average Bonchev–Trinajstić information content (AvgIpc) is 1.97. The van der Waals surface area contributed by atoms with Gasteiger partial charge in [-0.1, -0.05) is 11.6 Å². The van der Waals surface area contributed by atoms with Gasteiger partial charge in [-0.05, 0) is 6.07 Å². The summed E-state index contributed by atoms with van der Waals surface area (Å²) in [6.07, 6.45) is 0. The highest BCUT2D eigenvalue weighted by Gasteiger charge is 2.07. The number of hydrogen-bond donors (Lipinski definition) is 1. The van der Waals surface area contributed by atoms with Crippen LogP contribution in [0.3, 0.4) is 0 Å². The third-order valence-corrected chi connectivity index (χ3v) is 1.48. The van der Waals surface area contributed by atoms with Gasteiger partial charge in [-0.25, -0.2) is 9.37 Å². The smallest absolute Gasteiger partial charge is 0.249 e. The van der Waals surface area contributed by atoms with Gasteiger partial charge in [0.2, 0.25) is 5.95 Å². The zero-order chi connectivity index (χ0) is 8.43. The number of nitrogens with two attached hydrogens (primary N) is 1. The minimum absolute atomic E-state index is 0.00394. The third kappa shape index (κ3) is 1.64. The van der Waals surface area contributed by atoms with E-state index in [0.29, 0.717) is 0 Å². The number of aromatic nitrogens is 1. The number of nitrogens with zero attached hydrogens (tertiary/aromatic N) is 1. The van der Waals surface area contributed by atoms with Gasteiger partial charge in [0.15, 0.2) is 5.82 Å². The fourth-order valence-corrected chi connectivity index (χ4v) is 0.838. The van der Waals surface area contributed by atoms with Crippen LogP contribution < -0.4 is 5.73 Å². The lowest BCUT2D eigenvalue weighted by Crippen LogP contribution is -2.03. The predicted octanol–water partition coefficient (Wildman–Crippen LogP) is 1.47. The van der Waals surface area contributed by atoms with Crippen LogP contribution in [0.4, 0.5) is 8.78 Å². The van der Waals surface area contributed by atoms with Gasteiger partial charge in [0.25, 0.3) is 0 Å². The van der Waals surface area contributed by atoms with E-state index in [-0.39, 0.29) is 17.3 Å². The molecule has 2 nitrogen and oxygen atoms in total. The number of rotatable bonds is 1. The summed E-state index contributed by atoms with van der Waals surface area (Å²) in [6, 6.07) is 0.853. The molecule has 0 radical (unpaired) electrons. The molecule has 1 heterocycles. The zero-order valence-corrected chi connectivity index (χ0v) is 6.20. The van der Waals surface area contributed by atoms with Crippen molar-refractivity contribution >= 4 is 11.6 Å². The van der Waals surface area contributed by atoms with E-state index in [9.17, 15) is 8.78 Å². The molecule has 5 heteroatoms. The van der Waals surface area contributed by atoms with Gasteiger partial charge in [-0.15, -0.1) is 0 Å². The van der Waals surface area contributed by atoms with Crippen LogP contribution in [0.5, 0.6) is 0 Å². The summed E-state index contributed by atoms with van der Waals surface area (Å²) in [6.45, 7) is -0.00394. The molecule has 0 aromatic carbocycles. The molecule has 0 bridgehead atoms. The van der Waals surface area contributed by atoms with Crippen LogP contribution in [0.15, 0.2) is 6.07 Å². The number of halogens is 3. The summed E-state index contributed by atoms with van der Waals surface area (Å²) in [7, 11) is 0. The van der Waals surface area contributed by atoms with Crippen molar-refractivity contribution in [2.75, 3.05) is 0 Å². The Morgan fingerprint density at radius 1 is 1.55 bits per heavy atom. The molecule has 0 fully saturated rings. The predicted molar refractivity (Wildman–Crippen MR) is 37.1 cm³/mol. The Balaban J connectivity index is 3.21. The minimum atomic E-state index is -1.17. The summed E-state index contributed by atoms with van der Waals surface area (Å²) in [5.41, 5.74) is 5.29. The topological polar surface area (TPSA) is 38.9 Å². The van der Waals surface area contributed by atoms with Crippen molar-refractivity contribution in [3.63, 3.8) is 0 Å². The SMILES string of the molecule is NCc1nc(F)c(F)cc1Cl. The van der Waals surface area contributed by atoms with E-state index in [0.717, 1.165) is 6.07 Å². The molecular weight excluding hydrogens is 174 g/mol. The maximum Gasteiger partial charge on any atom is 0.249 e. The highest BCUT2D eigenvalue weighted by atomic mass is 35.5. The van der Waals surface area contributed by atoms with Gasteiger partial charge in [0.1, 0.15) is 0 Å². The van der Waals surface area contributed by atoms with Crippen LogP contribution in [0, 0.1) is 11.8 Å². The van der Waals surface area contributed by atoms with Crippen molar-refractivity contribution < 1.29 is 8.78 Å². The van der Waals surface area contributed by atoms with Crippen molar-refractivity contribution in [1.29, 1.82) is 0 Å². The molecule has 1 aromatic rings. The molecule has 0 saturated carbocycles. The van der Waals surface area contributed by atoms with Crippen molar-refractivity contribution in [2.24, 2.45) is 5.73 Å². The van der Waals surface area contributed by atoms with Crippen molar-refractivity contribution in [3.05, 3.63) is 28.5 Å². The lowest BCUT2D eigenvalue weighted by molar-refractivity contribution is 0.475. The molecule has 0 amide bonds. The van der Waals surface area contributed by atoms with Gasteiger partial charge in [-0.3, -0.25) is 0 Å². The summed E-state index contributed by atoms with van der Waals surface area (Å²) in [4.78, 5) is 3.19. The van der Waals surface area contributed by atoms with Gasteiger partial charge in [0.05, 0.1) is 10.7 Å². The highest BCUT2D eigenvalue weighted by molar-refractivity contribution is 6.31. The van der Waals surface area contributed by atoms with Crippen molar-refractivity contribution in [1.82, 2.24) is 4.98 Å². The maximum absolute atomic E-state index is 12.3. The molecular formula is C6H5ClF2N2. The largest absolute Gasteiger partial charge is 0.325 e. The van der Waals surface area contributed by atoms with E-state index in [1.165, 1.54) is 0 Å². The molecule has 0 aliphatic heterocycles. The summed E-state index contributed by atoms with van der Waals surface area (Å²) in [5, 5.41) is 0.0476. The Morgan fingerprint density at radius 2 is 2.18 bits per heavy atom. The van der Waals surface area contributed by atoms with E-state index < -0.39 is 11.8 Å². The van der Waals surface area contributed by atoms with E-state index in [2.05, 4.69) is 4.98 Å². The van der Waals surface area contributed by atoms with E-state index in [1.54, 1.807) is 0 Å². The average molecular weight is 179 g/mol. The van der Waals surface area contributed by atoms with Gasteiger partial charge in [0, 0.05) is 6.54 Å². The molecule has 2 N–H and O–H groups in total. The molecule has 0 aliphatic rings. The van der Waals surface area contributed by atoms with Crippen LogP contribution in [-0.4, -0.2) is 4.98 Å². The Morgan fingerprint density at radius 3 is 2.73 bits per heavy atom. The fourth-order valence-electron chi connectivity index (χ4n) is 0.623. The quantitative estimate of drug-likeness (QED) is 0.662. The van der Waals surface area contributed by atoms with Gasteiger partial charge < -0.3 is 5.73 Å². The molecule has 0 atom stereocenters. The summed E-state index contributed by atoms with van der Waals surface area (Å²) < 4.78 is 24.7. The van der Waals surface area contributed by atoms with E-state index in [1.807, 2.05) is 0 Å². The molecule has 0 spiro atoms. The van der Waals surface area contributed by atoms with Crippen molar-refractivity contribution in [3.8, 4) is 0 Å². The molecule has 1 rings (SSSR count). The lowest BCUT2D eigenvalue weighted by Gasteiger charge is -1.99. The maximum atomic E-state index is 12.3. The number of hydrogen-bond acceptors (Lipinski definition) is 2. The summed E-state index contributed by atoms with van der Waals surface area (Å²) >= 11 is 5.45. The third-order valence-electron chi connectivity index (χ3n) is 1.15. The molecule has 60 valence electrons. The molecule has 1 aromatic heterocycles. The van der Waals surface area contributed by atoms with Crippen LogP contribution >= 0.6 is 11.6 Å². The van der Waals surface area contributed by atoms with Crippen LogP contribution in [0.25, 0.3) is 0 Å². The van der Waals surface area contributed by atoms with Crippen LogP contribution in [0.1, 0.15) is 5.69 Å². The molecule has 0 aliphatic carbocycles. The summed E-state index contributed by atoms with van der Waals surface area (Å²) in [5.74, 6) is -2.23. The standard InChI is InChI=1S/C6H5ClF2N2/c7-3-1-4(8)6(9)11-5(3)2-10/h1H,2,10H2. The second kappa shape index (κ2) is 3.11. The first-order valence-electron chi connectivity index (χ1n) is 2.85. The van der Waals surface area contributed by atoms with E-state index in [4.69, 9.17) is 17.3 Å². The first-order chi connectivity index (χ1) is 5.15. The number of pyridine rings is 1. The Kier molecular flexibility index (Phi) is 2.36. The highest BCUT2D eigenvalue weighted by Crippen LogP contribution is 2.15. The van der Waals surface area contributed by atoms with Gasteiger partial charge >= 0.3 is 0 Å². The monoisotopic (exact) mass is 178 g/mol. The molecule has 0 unspecified atom stereocenters. The molecule has 0 saturated heterocycles. The Hall–Kier alpha value is -0.740. The zero-order valence-electron chi connectivity index (χ0n) is 5.44. The van der Waals surface area contributed by atoms with Crippen molar-refractivity contribution in [2.45, 2.75) is 6.54 Å².